The fourth-order valence-corrected chi connectivity index (χ4v) is 3.01. The van der Waals surface area contributed by atoms with E-state index >= 15 is 0 Å². The molecule has 0 unspecified atom stereocenters. The van der Waals surface area contributed by atoms with Crippen molar-refractivity contribution in [3.63, 3.8) is 0 Å². The van der Waals surface area contributed by atoms with Gasteiger partial charge in [0.25, 0.3) is 0 Å². The smallest absolute Gasteiger partial charge is 0.241 e. The van der Waals surface area contributed by atoms with Crippen LogP contribution in [0.2, 0.25) is 0 Å². The first kappa shape index (κ1) is 15.9. The number of aromatic nitrogens is 1. The zero-order chi connectivity index (χ0) is 15.3. The number of anilines is 1. The van der Waals surface area contributed by atoms with Crippen molar-refractivity contribution in [1.29, 1.82) is 0 Å². The zero-order valence-electron chi connectivity index (χ0n) is 11.5. The summed E-state index contributed by atoms with van der Waals surface area (Å²) in [5, 5.41) is 2.99. The second-order valence-electron chi connectivity index (χ2n) is 4.36. The van der Waals surface area contributed by atoms with Crippen LogP contribution in [0.1, 0.15) is 12.5 Å². The molecule has 0 aliphatic heterocycles. The van der Waals surface area contributed by atoms with E-state index in [4.69, 9.17) is 0 Å². The highest BCUT2D eigenvalue weighted by molar-refractivity contribution is 9.10. The van der Waals surface area contributed by atoms with E-state index < -0.39 is 10.0 Å². The largest absolute Gasteiger partial charge is 0.370 e. The maximum Gasteiger partial charge on any atom is 0.241 e. The molecule has 0 bridgehead atoms. The Morgan fingerprint density at radius 2 is 1.90 bits per heavy atom. The monoisotopic (exact) mass is 369 g/mol. The Hall–Kier alpha value is -1.44. The van der Waals surface area contributed by atoms with Crippen molar-refractivity contribution in [3.8, 4) is 0 Å². The zero-order valence-corrected chi connectivity index (χ0v) is 13.9. The van der Waals surface area contributed by atoms with Gasteiger partial charge in [0.15, 0.2) is 0 Å². The first-order valence-electron chi connectivity index (χ1n) is 6.45. The van der Waals surface area contributed by atoms with Crippen LogP contribution in [-0.4, -0.2) is 19.9 Å². The standard InChI is InChI=1S/C14H16BrN3O2S/c1-2-16-14-9-13(7-8-17-14)21(19,20)18-10-11-3-5-12(15)6-4-11/h3-9,18H,2,10H2,1H3,(H,16,17). The minimum Gasteiger partial charge on any atom is -0.370 e. The van der Waals surface area contributed by atoms with Gasteiger partial charge < -0.3 is 5.32 Å². The van der Waals surface area contributed by atoms with E-state index in [1.807, 2.05) is 31.2 Å². The molecule has 0 fully saturated rings. The summed E-state index contributed by atoms with van der Waals surface area (Å²) in [6, 6.07) is 10.5. The molecule has 5 nitrogen and oxygen atoms in total. The number of halogens is 1. The van der Waals surface area contributed by atoms with E-state index in [0.29, 0.717) is 12.4 Å². The fraction of sp³-hybridized carbons (Fsp3) is 0.214. The Labute approximate surface area is 133 Å². The summed E-state index contributed by atoms with van der Waals surface area (Å²) >= 11 is 3.34. The summed E-state index contributed by atoms with van der Waals surface area (Å²) in [5.74, 6) is 0.545. The summed E-state index contributed by atoms with van der Waals surface area (Å²) in [7, 11) is -3.55. The van der Waals surface area contributed by atoms with Crippen LogP contribution in [-0.2, 0) is 16.6 Å². The lowest BCUT2D eigenvalue weighted by molar-refractivity contribution is 0.581. The average Bonchev–Trinajstić information content (AvgIpc) is 2.47. The molecule has 1 aromatic carbocycles. The Kier molecular flexibility index (Phi) is 5.33. The molecule has 0 atom stereocenters. The number of hydrogen-bond donors (Lipinski definition) is 2. The Morgan fingerprint density at radius 1 is 1.19 bits per heavy atom. The third-order valence-corrected chi connectivity index (χ3v) is 4.71. The normalized spacial score (nSPS) is 11.3. The topological polar surface area (TPSA) is 71.1 Å². The summed E-state index contributed by atoms with van der Waals surface area (Å²) in [6.45, 7) is 2.85. The van der Waals surface area contributed by atoms with Crippen LogP contribution in [0.25, 0.3) is 0 Å². The molecule has 7 heteroatoms. The lowest BCUT2D eigenvalue weighted by Crippen LogP contribution is -2.23. The molecule has 0 aliphatic rings. The van der Waals surface area contributed by atoms with Gasteiger partial charge in [0.2, 0.25) is 10.0 Å². The van der Waals surface area contributed by atoms with Gasteiger partial charge in [-0.1, -0.05) is 28.1 Å². The van der Waals surface area contributed by atoms with Gasteiger partial charge in [0, 0.05) is 29.8 Å². The highest BCUT2D eigenvalue weighted by atomic mass is 79.9. The SMILES string of the molecule is CCNc1cc(S(=O)(=O)NCc2ccc(Br)cc2)ccn1. The van der Waals surface area contributed by atoms with Gasteiger partial charge >= 0.3 is 0 Å². The van der Waals surface area contributed by atoms with Gasteiger partial charge in [0.1, 0.15) is 5.82 Å². The number of benzene rings is 1. The molecule has 2 rings (SSSR count). The van der Waals surface area contributed by atoms with E-state index in [9.17, 15) is 8.42 Å². The van der Waals surface area contributed by atoms with Gasteiger partial charge in [0.05, 0.1) is 4.90 Å². The third kappa shape index (κ3) is 4.52. The van der Waals surface area contributed by atoms with Gasteiger partial charge in [-0.05, 0) is 30.7 Å². The van der Waals surface area contributed by atoms with E-state index in [2.05, 4.69) is 31.0 Å². The Balaban J connectivity index is 2.11. The molecule has 1 aromatic heterocycles. The maximum atomic E-state index is 12.3. The number of nitrogens with one attached hydrogen (secondary N) is 2. The molecule has 0 saturated heterocycles. The molecular weight excluding hydrogens is 354 g/mol. The van der Waals surface area contributed by atoms with E-state index in [-0.39, 0.29) is 11.4 Å². The molecule has 2 N–H and O–H groups in total. The second kappa shape index (κ2) is 7.02. The van der Waals surface area contributed by atoms with Crippen molar-refractivity contribution in [2.75, 3.05) is 11.9 Å². The van der Waals surface area contributed by atoms with Crippen molar-refractivity contribution >= 4 is 31.8 Å². The molecule has 0 saturated carbocycles. The van der Waals surface area contributed by atoms with E-state index in [0.717, 1.165) is 10.0 Å². The molecule has 1 heterocycles. The van der Waals surface area contributed by atoms with Crippen molar-refractivity contribution in [1.82, 2.24) is 9.71 Å². The summed E-state index contributed by atoms with van der Waals surface area (Å²) in [5.41, 5.74) is 0.891. The first-order chi connectivity index (χ1) is 10.0. The molecule has 112 valence electrons. The quantitative estimate of drug-likeness (QED) is 0.820. The number of rotatable bonds is 6. The maximum absolute atomic E-state index is 12.3. The summed E-state index contributed by atoms with van der Waals surface area (Å²) in [4.78, 5) is 4.26. The van der Waals surface area contributed by atoms with Crippen molar-refractivity contribution in [2.24, 2.45) is 0 Å². The number of hydrogen-bond acceptors (Lipinski definition) is 4. The molecule has 21 heavy (non-hydrogen) atoms. The molecule has 0 aliphatic carbocycles. The van der Waals surface area contributed by atoms with E-state index in [1.54, 1.807) is 0 Å². The van der Waals surface area contributed by atoms with Crippen LogP contribution in [0.4, 0.5) is 5.82 Å². The Morgan fingerprint density at radius 3 is 2.57 bits per heavy atom. The minimum absolute atomic E-state index is 0.200. The second-order valence-corrected chi connectivity index (χ2v) is 7.04. The molecule has 0 amide bonds. The predicted octanol–water partition coefficient (Wildman–Crippen LogP) is 2.75. The van der Waals surface area contributed by atoms with Crippen molar-refractivity contribution in [3.05, 3.63) is 52.6 Å². The Bertz CT molecular complexity index is 702. The van der Waals surface area contributed by atoms with Crippen LogP contribution in [0, 0.1) is 0 Å². The molecule has 0 spiro atoms. The highest BCUT2D eigenvalue weighted by Crippen LogP contribution is 2.14. The van der Waals surface area contributed by atoms with Crippen LogP contribution in [0.3, 0.4) is 0 Å². The van der Waals surface area contributed by atoms with Crippen molar-refractivity contribution < 1.29 is 8.42 Å². The summed E-state index contributed by atoms with van der Waals surface area (Å²) in [6.07, 6.45) is 1.48. The average molecular weight is 370 g/mol. The van der Waals surface area contributed by atoms with Gasteiger partial charge in [-0.3, -0.25) is 0 Å². The predicted molar refractivity (Wildman–Crippen MR) is 86.6 cm³/mol. The molecule has 0 radical (unpaired) electrons. The van der Waals surface area contributed by atoms with E-state index in [1.165, 1.54) is 18.3 Å². The molecular formula is C14H16BrN3O2S. The van der Waals surface area contributed by atoms with Crippen LogP contribution >= 0.6 is 15.9 Å². The first-order valence-corrected chi connectivity index (χ1v) is 8.73. The summed E-state index contributed by atoms with van der Waals surface area (Å²) < 4.78 is 28.0. The van der Waals surface area contributed by atoms with Gasteiger partial charge in [-0.25, -0.2) is 18.1 Å². The van der Waals surface area contributed by atoms with Crippen LogP contribution in [0.5, 0.6) is 0 Å². The van der Waals surface area contributed by atoms with Crippen molar-refractivity contribution in [2.45, 2.75) is 18.4 Å². The number of pyridine rings is 1. The number of nitrogens with zero attached hydrogens (tertiary/aromatic N) is 1. The lowest BCUT2D eigenvalue weighted by atomic mass is 10.2. The van der Waals surface area contributed by atoms with Crippen LogP contribution in [0.15, 0.2) is 52.0 Å². The fourth-order valence-electron chi connectivity index (χ4n) is 1.72. The third-order valence-electron chi connectivity index (χ3n) is 2.78. The lowest BCUT2D eigenvalue weighted by Gasteiger charge is -2.08. The minimum atomic E-state index is -3.55. The highest BCUT2D eigenvalue weighted by Gasteiger charge is 2.14. The van der Waals surface area contributed by atoms with Crippen LogP contribution < -0.4 is 10.0 Å². The van der Waals surface area contributed by atoms with Gasteiger partial charge in [-0.2, -0.15) is 0 Å². The molecule has 2 aromatic rings. The van der Waals surface area contributed by atoms with Gasteiger partial charge in [-0.15, -0.1) is 0 Å². The number of sulfonamides is 1.